The van der Waals surface area contributed by atoms with E-state index in [4.69, 9.17) is 18.9 Å². The van der Waals surface area contributed by atoms with Crippen molar-refractivity contribution < 1.29 is 33.5 Å². The number of carbonyl (C=O) groups is 2. The number of amides is 1. The highest BCUT2D eigenvalue weighted by atomic mass is 16.6. The van der Waals surface area contributed by atoms with Crippen LogP contribution in [-0.2, 0) is 4.79 Å². The molecule has 180 valence electrons. The van der Waals surface area contributed by atoms with E-state index in [0.717, 1.165) is 0 Å². The smallest absolute Gasteiger partial charge is 0.343 e. The summed E-state index contributed by atoms with van der Waals surface area (Å²) in [4.78, 5) is 34.3. The molecule has 3 aromatic rings. The molecule has 0 saturated carbocycles. The Morgan fingerprint density at radius 2 is 1.60 bits per heavy atom. The van der Waals surface area contributed by atoms with Crippen LogP contribution in [0.15, 0.2) is 71.8 Å². The number of ether oxygens (including phenoxy) is 4. The van der Waals surface area contributed by atoms with E-state index in [1.165, 1.54) is 50.8 Å². The molecule has 0 unspecified atom stereocenters. The average Bonchev–Trinajstić information content (AvgIpc) is 2.88. The van der Waals surface area contributed by atoms with Gasteiger partial charge in [0.25, 0.3) is 11.6 Å². The van der Waals surface area contributed by atoms with E-state index in [2.05, 4.69) is 10.5 Å². The molecule has 0 spiro atoms. The second-order valence-corrected chi connectivity index (χ2v) is 6.86. The second kappa shape index (κ2) is 11.8. The van der Waals surface area contributed by atoms with Gasteiger partial charge < -0.3 is 18.9 Å². The monoisotopic (exact) mass is 479 g/mol. The Kier molecular flexibility index (Phi) is 8.33. The lowest BCUT2D eigenvalue weighted by Crippen LogP contribution is -2.24. The summed E-state index contributed by atoms with van der Waals surface area (Å²) in [5.74, 6) is 0.467. The highest BCUT2D eigenvalue weighted by Gasteiger charge is 2.13. The molecule has 0 atom stereocenters. The summed E-state index contributed by atoms with van der Waals surface area (Å²) in [6.45, 7) is -0.319. The van der Waals surface area contributed by atoms with Crippen molar-refractivity contribution >= 4 is 23.8 Å². The molecule has 1 N–H and O–H groups in total. The van der Waals surface area contributed by atoms with E-state index >= 15 is 0 Å². The predicted octanol–water partition coefficient (Wildman–Crippen LogP) is 3.36. The molecule has 0 fully saturated rings. The average molecular weight is 479 g/mol. The van der Waals surface area contributed by atoms with Gasteiger partial charge in [-0.15, -0.1) is 0 Å². The molecule has 11 heteroatoms. The minimum absolute atomic E-state index is 0.0758. The number of nitrogens with zero attached hydrogens (tertiary/aromatic N) is 2. The number of carbonyl (C=O) groups excluding carboxylic acids is 2. The molecule has 0 bridgehead atoms. The fourth-order valence-electron chi connectivity index (χ4n) is 2.78. The maximum absolute atomic E-state index is 12.4. The minimum Gasteiger partial charge on any atom is -0.493 e. The number of benzene rings is 3. The van der Waals surface area contributed by atoms with Crippen LogP contribution >= 0.6 is 0 Å². The van der Waals surface area contributed by atoms with Gasteiger partial charge >= 0.3 is 5.97 Å². The van der Waals surface area contributed by atoms with Crippen molar-refractivity contribution in [2.45, 2.75) is 0 Å². The van der Waals surface area contributed by atoms with Crippen LogP contribution in [0.4, 0.5) is 5.69 Å². The summed E-state index contributed by atoms with van der Waals surface area (Å²) < 4.78 is 21.0. The van der Waals surface area contributed by atoms with Gasteiger partial charge in [-0.3, -0.25) is 14.9 Å². The van der Waals surface area contributed by atoms with Gasteiger partial charge in [-0.1, -0.05) is 0 Å². The Hall–Kier alpha value is -4.93. The standard InChI is InChI=1S/C24H21N3O8/c1-32-21-12-5-17(13-22(21)33-2)24(29)35-20-8-3-16(4-9-20)14-25-26-23(28)15-34-19-10-6-18(7-11-19)27(30)31/h3-14H,15H2,1-2H3,(H,26,28). The van der Waals surface area contributed by atoms with Crippen LogP contribution < -0.4 is 24.4 Å². The number of methoxy groups -OCH3 is 2. The van der Waals surface area contributed by atoms with E-state index in [-0.39, 0.29) is 12.3 Å². The summed E-state index contributed by atoms with van der Waals surface area (Å²) in [7, 11) is 2.98. The third-order valence-corrected chi connectivity index (χ3v) is 4.53. The Labute approximate surface area is 200 Å². The first-order valence-corrected chi connectivity index (χ1v) is 10.1. The summed E-state index contributed by atoms with van der Waals surface area (Å²) in [5, 5.41) is 14.5. The summed E-state index contributed by atoms with van der Waals surface area (Å²) in [5.41, 5.74) is 3.18. The van der Waals surface area contributed by atoms with E-state index < -0.39 is 16.8 Å². The molecule has 35 heavy (non-hydrogen) atoms. The molecular formula is C24H21N3O8. The lowest BCUT2D eigenvalue weighted by Gasteiger charge is -2.09. The van der Waals surface area contributed by atoms with Crippen LogP contribution in [0.1, 0.15) is 15.9 Å². The van der Waals surface area contributed by atoms with Crippen molar-refractivity contribution in [2.24, 2.45) is 5.10 Å². The molecular weight excluding hydrogens is 458 g/mol. The van der Waals surface area contributed by atoms with Crippen molar-refractivity contribution in [3.63, 3.8) is 0 Å². The highest BCUT2D eigenvalue weighted by molar-refractivity contribution is 5.92. The van der Waals surface area contributed by atoms with E-state index in [0.29, 0.717) is 34.1 Å². The molecule has 0 radical (unpaired) electrons. The third-order valence-electron chi connectivity index (χ3n) is 4.53. The summed E-state index contributed by atoms with van der Waals surface area (Å²) >= 11 is 0. The summed E-state index contributed by atoms with van der Waals surface area (Å²) in [6.07, 6.45) is 1.41. The Morgan fingerprint density at radius 1 is 0.943 bits per heavy atom. The van der Waals surface area contributed by atoms with Crippen molar-refractivity contribution in [3.8, 4) is 23.0 Å². The van der Waals surface area contributed by atoms with Crippen molar-refractivity contribution in [1.29, 1.82) is 0 Å². The summed E-state index contributed by atoms with van der Waals surface area (Å²) in [6, 6.07) is 16.5. The first-order chi connectivity index (χ1) is 16.9. The van der Waals surface area contributed by atoms with Gasteiger partial charge in [0.05, 0.1) is 30.9 Å². The molecule has 0 saturated heterocycles. The number of nitro benzene ring substituents is 1. The van der Waals surface area contributed by atoms with Crippen LogP contribution in [0.25, 0.3) is 0 Å². The molecule has 0 aliphatic rings. The molecule has 0 aliphatic heterocycles. The maximum atomic E-state index is 12.4. The number of hydrogen-bond donors (Lipinski definition) is 1. The SMILES string of the molecule is COc1ccc(C(=O)Oc2ccc(C=NNC(=O)COc3ccc([N+](=O)[O-])cc3)cc2)cc1OC. The van der Waals surface area contributed by atoms with E-state index in [1.807, 2.05) is 0 Å². The number of hydrazone groups is 1. The van der Waals surface area contributed by atoms with E-state index in [1.54, 1.807) is 36.4 Å². The number of esters is 1. The maximum Gasteiger partial charge on any atom is 0.343 e. The first-order valence-electron chi connectivity index (χ1n) is 10.1. The quantitative estimate of drug-likeness (QED) is 0.154. The van der Waals surface area contributed by atoms with Gasteiger partial charge in [0.1, 0.15) is 11.5 Å². The van der Waals surface area contributed by atoms with Crippen molar-refractivity contribution in [1.82, 2.24) is 5.43 Å². The predicted molar refractivity (Wildman–Crippen MR) is 125 cm³/mol. The fourth-order valence-corrected chi connectivity index (χ4v) is 2.78. The Bertz CT molecular complexity index is 1220. The highest BCUT2D eigenvalue weighted by Crippen LogP contribution is 2.28. The number of nitro groups is 1. The molecule has 3 rings (SSSR count). The zero-order valence-corrected chi connectivity index (χ0v) is 18.8. The molecule has 0 aliphatic carbocycles. The second-order valence-electron chi connectivity index (χ2n) is 6.86. The van der Waals surface area contributed by atoms with Gasteiger partial charge in [0, 0.05) is 12.1 Å². The van der Waals surface area contributed by atoms with Crippen molar-refractivity contribution in [2.75, 3.05) is 20.8 Å². The van der Waals surface area contributed by atoms with Crippen LogP contribution in [0.2, 0.25) is 0 Å². The molecule has 3 aromatic carbocycles. The largest absolute Gasteiger partial charge is 0.493 e. The Balaban J connectivity index is 1.48. The molecule has 0 aromatic heterocycles. The van der Waals surface area contributed by atoms with Crippen LogP contribution in [0.3, 0.4) is 0 Å². The lowest BCUT2D eigenvalue weighted by atomic mass is 10.2. The topological polar surface area (TPSA) is 139 Å². The van der Waals surface area contributed by atoms with Crippen molar-refractivity contribution in [3.05, 3.63) is 88.0 Å². The molecule has 0 heterocycles. The first kappa shape index (κ1) is 24.7. The lowest BCUT2D eigenvalue weighted by molar-refractivity contribution is -0.384. The van der Waals surface area contributed by atoms with Crippen LogP contribution in [0, 0.1) is 10.1 Å². The molecule has 1 amide bonds. The Morgan fingerprint density at radius 3 is 2.23 bits per heavy atom. The number of nitrogens with one attached hydrogen (secondary N) is 1. The van der Waals surface area contributed by atoms with Crippen LogP contribution in [0.5, 0.6) is 23.0 Å². The number of rotatable bonds is 10. The zero-order chi connectivity index (χ0) is 25.2. The minimum atomic E-state index is -0.562. The number of non-ortho nitro benzene ring substituents is 1. The number of hydrogen-bond acceptors (Lipinski definition) is 9. The van der Waals surface area contributed by atoms with Gasteiger partial charge in [-0.2, -0.15) is 5.10 Å². The third kappa shape index (κ3) is 7.02. The van der Waals surface area contributed by atoms with Gasteiger partial charge in [-0.25, -0.2) is 10.2 Å². The van der Waals surface area contributed by atoms with Gasteiger partial charge in [0.15, 0.2) is 18.1 Å². The van der Waals surface area contributed by atoms with E-state index in [9.17, 15) is 19.7 Å². The normalized spacial score (nSPS) is 10.5. The van der Waals surface area contributed by atoms with Crippen LogP contribution in [-0.4, -0.2) is 43.8 Å². The van der Waals surface area contributed by atoms with Gasteiger partial charge in [0.2, 0.25) is 0 Å². The zero-order valence-electron chi connectivity index (χ0n) is 18.8. The molecule has 11 nitrogen and oxygen atoms in total. The fraction of sp³-hybridized carbons (Fsp3) is 0.125. The van der Waals surface area contributed by atoms with Gasteiger partial charge in [-0.05, 0) is 60.2 Å².